The lowest BCUT2D eigenvalue weighted by atomic mass is 10.2. The molecule has 0 aliphatic carbocycles. The van der Waals surface area contributed by atoms with Crippen LogP contribution in [0.4, 0.5) is 11.5 Å². The second-order valence-electron chi connectivity index (χ2n) is 4.22. The van der Waals surface area contributed by atoms with Crippen molar-refractivity contribution < 1.29 is 4.42 Å². The number of nitrogens with zero attached hydrogens (tertiary/aromatic N) is 1. The molecule has 0 radical (unpaired) electrons. The number of nitrogens with two attached hydrogens (primary N) is 1. The molecule has 0 aliphatic rings. The average Bonchev–Trinajstić information content (AvgIpc) is 2.77. The van der Waals surface area contributed by atoms with Gasteiger partial charge in [-0.2, -0.15) is 0 Å². The van der Waals surface area contributed by atoms with Gasteiger partial charge in [-0.15, -0.1) is 0 Å². The molecule has 1 atom stereocenters. The summed E-state index contributed by atoms with van der Waals surface area (Å²) < 4.78 is 5.30. The highest BCUT2D eigenvalue weighted by molar-refractivity contribution is 5.65. The Morgan fingerprint density at radius 3 is 3.00 bits per heavy atom. The number of nitrogens with one attached hydrogen (secondary N) is 1. The molecular formula is C13H17N3O. The highest BCUT2D eigenvalue weighted by Crippen LogP contribution is 2.20. The summed E-state index contributed by atoms with van der Waals surface area (Å²) >= 11 is 0. The van der Waals surface area contributed by atoms with E-state index in [0.29, 0.717) is 5.69 Å². The third kappa shape index (κ3) is 2.78. The zero-order valence-corrected chi connectivity index (χ0v) is 10.1. The van der Waals surface area contributed by atoms with Crippen LogP contribution >= 0.6 is 0 Å². The van der Waals surface area contributed by atoms with Crippen LogP contribution in [0, 0.1) is 6.92 Å². The molecule has 4 nitrogen and oxygen atoms in total. The summed E-state index contributed by atoms with van der Waals surface area (Å²) in [5.74, 6) is 1.69. The van der Waals surface area contributed by atoms with Crippen LogP contribution in [0.15, 0.2) is 35.1 Å². The summed E-state index contributed by atoms with van der Waals surface area (Å²) in [6.45, 7) is 4.05. The molecule has 0 bridgehead atoms. The van der Waals surface area contributed by atoms with Gasteiger partial charge in [0.05, 0.1) is 12.0 Å². The first-order valence-corrected chi connectivity index (χ1v) is 5.67. The normalized spacial score (nSPS) is 12.4. The quantitative estimate of drug-likeness (QED) is 0.849. The van der Waals surface area contributed by atoms with Crippen LogP contribution in [-0.2, 0) is 6.42 Å². The Balaban J connectivity index is 2.03. The smallest absolute Gasteiger partial charge is 0.149 e. The Bertz CT molecular complexity index is 479. The topological polar surface area (TPSA) is 64.1 Å². The highest BCUT2D eigenvalue weighted by atomic mass is 16.3. The molecule has 1 unspecified atom stereocenters. The van der Waals surface area contributed by atoms with Crippen molar-refractivity contribution in [2.24, 2.45) is 0 Å². The Kier molecular flexibility index (Phi) is 3.32. The lowest BCUT2D eigenvalue weighted by molar-refractivity contribution is 0.497. The number of rotatable bonds is 4. The molecule has 0 amide bonds. The molecule has 90 valence electrons. The molecule has 2 aromatic heterocycles. The van der Waals surface area contributed by atoms with Gasteiger partial charge in [-0.05, 0) is 37.6 Å². The van der Waals surface area contributed by atoms with Crippen molar-refractivity contribution in [3.8, 4) is 0 Å². The fraction of sp³-hybridized carbons (Fsp3) is 0.308. The SMILES string of the molecule is Cc1ccnc(NC(C)Cc2ccco2)c1N. The minimum Gasteiger partial charge on any atom is -0.469 e. The average molecular weight is 231 g/mol. The summed E-state index contributed by atoms with van der Waals surface area (Å²) in [4.78, 5) is 4.24. The lowest BCUT2D eigenvalue weighted by Crippen LogP contribution is -2.19. The Morgan fingerprint density at radius 2 is 2.29 bits per heavy atom. The number of aryl methyl sites for hydroxylation is 1. The predicted molar refractivity (Wildman–Crippen MR) is 68.9 cm³/mol. The Morgan fingerprint density at radius 1 is 1.47 bits per heavy atom. The molecule has 0 spiro atoms. The molecule has 3 N–H and O–H groups in total. The standard InChI is InChI=1S/C13H17N3O/c1-9-5-6-15-13(12(9)14)16-10(2)8-11-4-3-7-17-11/h3-7,10H,8,14H2,1-2H3,(H,15,16). The number of furan rings is 1. The zero-order chi connectivity index (χ0) is 12.3. The highest BCUT2D eigenvalue weighted by Gasteiger charge is 2.09. The largest absolute Gasteiger partial charge is 0.469 e. The van der Waals surface area contributed by atoms with Crippen molar-refractivity contribution in [2.45, 2.75) is 26.3 Å². The van der Waals surface area contributed by atoms with Gasteiger partial charge in [0.2, 0.25) is 0 Å². The van der Waals surface area contributed by atoms with Gasteiger partial charge in [0.15, 0.2) is 0 Å². The number of aromatic nitrogens is 1. The third-order valence-corrected chi connectivity index (χ3v) is 2.68. The number of pyridine rings is 1. The molecular weight excluding hydrogens is 214 g/mol. The Labute approximate surface area is 101 Å². The minimum atomic E-state index is 0.220. The minimum absolute atomic E-state index is 0.220. The van der Waals surface area contributed by atoms with E-state index in [4.69, 9.17) is 10.2 Å². The number of hydrogen-bond donors (Lipinski definition) is 2. The van der Waals surface area contributed by atoms with Crippen LogP contribution < -0.4 is 11.1 Å². The van der Waals surface area contributed by atoms with Gasteiger partial charge < -0.3 is 15.5 Å². The monoisotopic (exact) mass is 231 g/mol. The van der Waals surface area contributed by atoms with E-state index in [1.54, 1.807) is 12.5 Å². The summed E-state index contributed by atoms with van der Waals surface area (Å²) in [5, 5.41) is 3.29. The van der Waals surface area contributed by atoms with Crippen LogP contribution in [0.25, 0.3) is 0 Å². The summed E-state index contributed by atoms with van der Waals surface area (Å²) in [6, 6.07) is 5.97. The lowest BCUT2D eigenvalue weighted by Gasteiger charge is -2.15. The van der Waals surface area contributed by atoms with E-state index in [2.05, 4.69) is 17.2 Å². The maximum Gasteiger partial charge on any atom is 0.149 e. The maximum atomic E-state index is 5.96. The van der Waals surface area contributed by atoms with E-state index in [9.17, 15) is 0 Å². The van der Waals surface area contributed by atoms with Crippen molar-refractivity contribution >= 4 is 11.5 Å². The molecule has 0 aliphatic heterocycles. The first-order valence-electron chi connectivity index (χ1n) is 5.67. The summed E-state index contributed by atoms with van der Waals surface area (Å²) in [6.07, 6.45) is 4.25. The molecule has 4 heteroatoms. The van der Waals surface area contributed by atoms with Crippen LogP contribution in [0.3, 0.4) is 0 Å². The van der Waals surface area contributed by atoms with Crippen molar-refractivity contribution in [2.75, 3.05) is 11.1 Å². The molecule has 17 heavy (non-hydrogen) atoms. The molecule has 0 saturated heterocycles. The molecule has 2 aromatic rings. The second-order valence-corrected chi connectivity index (χ2v) is 4.22. The van der Waals surface area contributed by atoms with Crippen molar-refractivity contribution in [1.82, 2.24) is 4.98 Å². The molecule has 2 rings (SSSR count). The first kappa shape index (κ1) is 11.5. The van der Waals surface area contributed by atoms with Gasteiger partial charge in [-0.1, -0.05) is 0 Å². The Hall–Kier alpha value is -1.97. The van der Waals surface area contributed by atoms with Crippen molar-refractivity contribution in [3.05, 3.63) is 42.0 Å². The van der Waals surface area contributed by atoms with Gasteiger partial charge in [-0.25, -0.2) is 4.98 Å². The fourth-order valence-corrected chi connectivity index (χ4v) is 1.70. The van der Waals surface area contributed by atoms with E-state index in [-0.39, 0.29) is 6.04 Å². The van der Waals surface area contributed by atoms with Crippen LogP contribution in [0.2, 0.25) is 0 Å². The number of nitrogen functional groups attached to an aromatic ring is 1. The maximum absolute atomic E-state index is 5.96. The van der Waals surface area contributed by atoms with Crippen LogP contribution in [-0.4, -0.2) is 11.0 Å². The van der Waals surface area contributed by atoms with E-state index in [1.807, 2.05) is 25.1 Å². The summed E-state index contributed by atoms with van der Waals surface area (Å²) in [5.41, 5.74) is 7.70. The van der Waals surface area contributed by atoms with Gasteiger partial charge >= 0.3 is 0 Å². The number of anilines is 2. The van der Waals surface area contributed by atoms with E-state index >= 15 is 0 Å². The predicted octanol–water partition coefficient (Wildman–Crippen LogP) is 2.61. The van der Waals surface area contributed by atoms with Gasteiger partial charge in [0, 0.05) is 18.7 Å². The fourth-order valence-electron chi connectivity index (χ4n) is 1.70. The molecule has 2 heterocycles. The first-order chi connectivity index (χ1) is 8.16. The molecule has 0 aromatic carbocycles. The molecule has 0 saturated carbocycles. The van der Waals surface area contributed by atoms with Crippen molar-refractivity contribution in [1.29, 1.82) is 0 Å². The van der Waals surface area contributed by atoms with Crippen LogP contribution in [0.5, 0.6) is 0 Å². The van der Waals surface area contributed by atoms with Gasteiger partial charge in [-0.3, -0.25) is 0 Å². The van der Waals surface area contributed by atoms with E-state index in [0.717, 1.165) is 23.6 Å². The van der Waals surface area contributed by atoms with Crippen LogP contribution in [0.1, 0.15) is 18.2 Å². The van der Waals surface area contributed by atoms with Crippen molar-refractivity contribution in [3.63, 3.8) is 0 Å². The summed E-state index contributed by atoms with van der Waals surface area (Å²) in [7, 11) is 0. The van der Waals surface area contributed by atoms with Gasteiger partial charge in [0.25, 0.3) is 0 Å². The van der Waals surface area contributed by atoms with E-state index < -0.39 is 0 Å². The number of hydrogen-bond acceptors (Lipinski definition) is 4. The second kappa shape index (κ2) is 4.91. The molecule has 0 fully saturated rings. The zero-order valence-electron chi connectivity index (χ0n) is 10.1. The van der Waals surface area contributed by atoms with Gasteiger partial charge in [0.1, 0.15) is 11.6 Å². The third-order valence-electron chi connectivity index (χ3n) is 2.68. The van der Waals surface area contributed by atoms with E-state index in [1.165, 1.54) is 0 Å².